The van der Waals surface area contributed by atoms with E-state index in [1.807, 2.05) is 11.8 Å². The van der Waals surface area contributed by atoms with Gasteiger partial charge in [-0.25, -0.2) is 0 Å². The van der Waals surface area contributed by atoms with Crippen molar-refractivity contribution in [2.45, 2.75) is 34.5 Å². The Bertz CT molecular complexity index is 3270. The van der Waals surface area contributed by atoms with Crippen LogP contribution in [-0.2, 0) is 10.8 Å². The number of fused-ring (bicyclic) bond motifs is 10. The van der Waals surface area contributed by atoms with Crippen LogP contribution >= 0.6 is 11.8 Å². The van der Waals surface area contributed by atoms with E-state index in [2.05, 4.69) is 255 Å². The molecule has 10 aromatic rings. The van der Waals surface area contributed by atoms with Gasteiger partial charge in [-0.3, -0.25) is 0 Å². The number of hydrogen-bond acceptors (Lipinski definition) is 2. The Kier molecular flexibility index (Phi) is 9.07. The molecule has 0 aromatic heterocycles. The SMILES string of the molecule is CC1(C)c2ccccc2C2(c3ccccc3Sc3c2ccc2ccccc32)c2cc(-c3ccc(N(c4ccc(-c5ccccc5)cc4)c4ccc(-c5ccccc5)cc4)cc3)ccc21. The van der Waals surface area contributed by atoms with Crippen LogP contribution in [0.25, 0.3) is 44.2 Å². The Labute approximate surface area is 380 Å². The molecule has 0 amide bonds. The van der Waals surface area contributed by atoms with Crippen LogP contribution in [-0.4, -0.2) is 0 Å². The lowest BCUT2D eigenvalue weighted by atomic mass is 9.54. The quantitative estimate of drug-likeness (QED) is 0.164. The molecule has 1 nitrogen and oxygen atoms in total. The molecular formula is C62H45NS. The summed E-state index contributed by atoms with van der Waals surface area (Å²) in [5.74, 6) is 0. The lowest BCUT2D eigenvalue weighted by Crippen LogP contribution is -2.43. The molecule has 0 saturated carbocycles. The van der Waals surface area contributed by atoms with Crippen molar-refractivity contribution in [3.63, 3.8) is 0 Å². The van der Waals surface area contributed by atoms with Crippen LogP contribution in [0.2, 0.25) is 0 Å². The van der Waals surface area contributed by atoms with Gasteiger partial charge >= 0.3 is 0 Å². The molecule has 0 saturated heterocycles. The van der Waals surface area contributed by atoms with Crippen LogP contribution in [0.1, 0.15) is 47.2 Å². The van der Waals surface area contributed by atoms with Crippen LogP contribution in [0, 0.1) is 0 Å². The van der Waals surface area contributed by atoms with Crippen molar-refractivity contribution >= 4 is 39.6 Å². The Morgan fingerprint density at radius 3 is 1.38 bits per heavy atom. The zero-order chi connectivity index (χ0) is 42.8. The van der Waals surface area contributed by atoms with Gasteiger partial charge in [0.1, 0.15) is 0 Å². The molecule has 2 heteroatoms. The first-order valence-electron chi connectivity index (χ1n) is 22.2. The van der Waals surface area contributed by atoms with E-state index in [4.69, 9.17) is 0 Å². The summed E-state index contributed by atoms with van der Waals surface area (Å²) in [6, 6.07) is 87.6. The first-order valence-corrected chi connectivity index (χ1v) is 23.1. The Hall–Kier alpha value is -7.39. The smallest absolute Gasteiger partial charge is 0.0729 e. The van der Waals surface area contributed by atoms with E-state index in [1.54, 1.807) is 0 Å². The Morgan fingerprint density at radius 1 is 0.328 bits per heavy atom. The van der Waals surface area contributed by atoms with Crippen molar-refractivity contribution in [2.75, 3.05) is 4.90 Å². The molecule has 10 aromatic carbocycles. The third kappa shape index (κ3) is 6.01. The molecule has 2 aliphatic rings. The van der Waals surface area contributed by atoms with E-state index < -0.39 is 5.41 Å². The molecule has 12 rings (SSSR count). The summed E-state index contributed by atoms with van der Waals surface area (Å²) in [6.45, 7) is 4.81. The molecule has 64 heavy (non-hydrogen) atoms. The van der Waals surface area contributed by atoms with Gasteiger partial charge in [0, 0.05) is 32.3 Å². The van der Waals surface area contributed by atoms with Gasteiger partial charge in [0.25, 0.3) is 0 Å². The molecule has 1 heterocycles. The minimum atomic E-state index is -0.507. The van der Waals surface area contributed by atoms with Crippen molar-refractivity contribution in [3.8, 4) is 33.4 Å². The van der Waals surface area contributed by atoms with E-state index in [0.717, 1.165) is 17.1 Å². The fourth-order valence-electron chi connectivity index (χ4n) is 10.7. The summed E-state index contributed by atoms with van der Waals surface area (Å²) < 4.78 is 0. The van der Waals surface area contributed by atoms with Gasteiger partial charge in [0.15, 0.2) is 0 Å². The summed E-state index contributed by atoms with van der Waals surface area (Å²) in [4.78, 5) is 5.03. The highest BCUT2D eigenvalue weighted by molar-refractivity contribution is 7.99. The highest BCUT2D eigenvalue weighted by atomic mass is 32.2. The number of nitrogens with zero attached hydrogens (tertiary/aromatic N) is 1. The van der Waals surface area contributed by atoms with Gasteiger partial charge in [-0.05, 0) is 126 Å². The molecule has 1 atom stereocenters. The Balaban J connectivity index is 1.01. The molecule has 0 bridgehead atoms. The fraction of sp³-hybridized carbons (Fsp3) is 0.0645. The largest absolute Gasteiger partial charge is 0.311 e. The first kappa shape index (κ1) is 38.3. The third-order valence-electron chi connectivity index (χ3n) is 13.8. The van der Waals surface area contributed by atoms with E-state index >= 15 is 0 Å². The fourth-order valence-corrected chi connectivity index (χ4v) is 12.0. The second-order valence-electron chi connectivity index (χ2n) is 17.7. The van der Waals surface area contributed by atoms with Gasteiger partial charge in [-0.15, -0.1) is 0 Å². The van der Waals surface area contributed by atoms with Crippen LogP contribution in [0.15, 0.2) is 246 Å². The van der Waals surface area contributed by atoms with Crippen molar-refractivity contribution in [2.24, 2.45) is 0 Å². The number of rotatable bonds is 6. The summed E-state index contributed by atoms with van der Waals surface area (Å²) >= 11 is 1.92. The molecular weight excluding hydrogens is 791 g/mol. The van der Waals surface area contributed by atoms with Crippen LogP contribution in [0.5, 0.6) is 0 Å². The summed E-state index contributed by atoms with van der Waals surface area (Å²) in [5, 5.41) is 2.58. The van der Waals surface area contributed by atoms with Crippen molar-refractivity contribution < 1.29 is 0 Å². The zero-order valence-corrected chi connectivity index (χ0v) is 36.7. The van der Waals surface area contributed by atoms with E-state index in [1.165, 1.54) is 87.3 Å². The number of hydrogen-bond donors (Lipinski definition) is 0. The molecule has 1 unspecified atom stereocenters. The summed E-state index contributed by atoms with van der Waals surface area (Å²) in [6.07, 6.45) is 0. The molecule has 1 aliphatic heterocycles. The van der Waals surface area contributed by atoms with Gasteiger partial charge in [0.05, 0.1) is 5.41 Å². The number of anilines is 3. The van der Waals surface area contributed by atoms with Gasteiger partial charge < -0.3 is 4.90 Å². The predicted octanol–water partition coefficient (Wildman–Crippen LogP) is 16.8. The highest BCUT2D eigenvalue weighted by Crippen LogP contribution is 2.62. The van der Waals surface area contributed by atoms with Crippen molar-refractivity contribution in [3.05, 3.63) is 270 Å². The molecule has 0 radical (unpaired) electrons. The lowest BCUT2D eigenvalue weighted by Gasteiger charge is -2.50. The first-order chi connectivity index (χ1) is 31.5. The minimum Gasteiger partial charge on any atom is -0.311 e. The third-order valence-corrected chi connectivity index (χ3v) is 15.0. The molecule has 1 aliphatic carbocycles. The molecule has 0 N–H and O–H groups in total. The predicted molar refractivity (Wildman–Crippen MR) is 269 cm³/mol. The second-order valence-corrected chi connectivity index (χ2v) is 18.7. The summed E-state index contributed by atoms with van der Waals surface area (Å²) in [5.41, 5.74) is 18.0. The monoisotopic (exact) mass is 835 g/mol. The normalized spacial score (nSPS) is 15.5. The van der Waals surface area contributed by atoms with Crippen molar-refractivity contribution in [1.82, 2.24) is 0 Å². The van der Waals surface area contributed by atoms with Crippen LogP contribution in [0.3, 0.4) is 0 Å². The van der Waals surface area contributed by atoms with Gasteiger partial charge in [0.2, 0.25) is 0 Å². The average molecular weight is 836 g/mol. The van der Waals surface area contributed by atoms with Crippen LogP contribution < -0.4 is 4.90 Å². The molecule has 1 spiro atoms. The lowest BCUT2D eigenvalue weighted by molar-refractivity contribution is 0.550. The van der Waals surface area contributed by atoms with E-state index in [9.17, 15) is 0 Å². The van der Waals surface area contributed by atoms with Crippen LogP contribution in [0.4, 0.5) is 17.1 Å². The maximum atomic E-state index is 2.52. The van der Waals surface area contributed by atoms with Gasteiger partial charge in [-0.2, -0.15) is 0 Å². The average Bonchev–Trinajstić information content (AvgIpc) is 3.36. The zero-order valence-electron chi connectivity index (χ0n) is 35.9. The van der Waals surface area contributed by atoms with E-state index in [0.29, 0.717) is 0 Å². The Morgan fingerprint density at radius 2 is 0.766 bits per heavy atom. The number of benzene rings is 10. The molecule has 0 fully saturated rings. The minimum absolute atomic E-state index is 0.206. The summed E-state index contributed by atoms with van der Waals surface area (Å²) in [7, 11) is 0. The maximum Gasteiger partial charge on any atom is 0.0729 e. The highest BCUT2D eigenvalue weighted by Gasteiger charge is 2.52. The molecule has 304 valence electrons. The maximum absolute atomic E-state index is 2.52. The van der Waals surface area contributed by atoms with Gasteiger partial charge in [-0.1, -0.05) is 214 Å². The topological polar surface area (TPSA) is 3.24 Å². The second kappa shape index (κ2) is 15.2. The standard InChI is InChI=1S/C62H45NS/c1-61(2)53-21-11-12-22-55(53)62(56-23-13-14-24-59(56)64-60-52-20-10-9-19-47(52)31-40-57(60)62)58-41-48(32-39-54(58)61)46-29-37-51(38-30-46)63(49-33-25-44(26-34-49)42-15-5-3-6-16-42)50-35-27-45(28-36-50)43-17-7-4-8-18-43/h3-41H,1-2H3. The van der Waals surface area contributed by atoms with Crippen molar-refractivity contribution in [1.29, 1.82) is 0 Å². The van der Waals surface area contributed by atoms with E-state index in [-0.39, 0.29) is 5.41 Å².